The fourth-order valence-corrected chi connectivity index (χ4v) is 3.54. The summed E-state index contributed by atoms with van der Waals surface area (Å²) < 4.78 is 0. The third kappa shape index (κ3) is 5.16. The molecule has 2 aliphatic rings. The summed E-state index contributed by atoms with van der Waals surface area (Å²) in [5.74, 6) is 3.42. The summed E-state index contributed by atoms with van der Waals surface area (Å²) in [6.45, 7) is 6.39. The molecular weight excluding hydrogens is 246 g/mol. The second-order valence-electron chi connectivity index (χ2n) is 5.20. The number of amides is 1. The molecule has 0 aromatic heterocycles. The molecule has 2 N–H and O–H groups in total. The fourth-order valence-electron chi connectivity index (χ4n) is 2.56. The second kappa shape index (κ2) is 8.02. The molecule has 1 unspecified atom stereocenters. The van der Waals surface area contributed by atoms with E-state index in [1.165, 1.54) is 31.0 Å². The lowest BCUT2D eigenvalue weighted by Gasteiger charge is -2.26. The van der Waals surface area contributed by atoms with Crippen LogP contribution in [0.15, 0.2) is 0 Å². The average molecular weight is 271 g/mol. The number of nitrogens with zero attached hydrogens (tertiary/aromatic N) is 1. The van der Waals surface area contributed by atoms with Crippen LogP contribution >= 0.6 is 11.8 Å². The number of rotatable bonds is 6. The van der Waals surface area contributed by atoms with Crippen molar-refractivity contribution < 1.29 is 4.79 Å². The van der Waals surface area contributed by atoms with E-state index in [9.17, 15) is 4.79 Å². The first-order valence-electron chi connectivity index (χ1n) is 7.12. The number of carbonyl (C=O) groups excluding carboxylic acids is 1. The van der Waals surface area contributed by atoms with Gasteiger partial charge in [-0.25, -0.2) is 0 Å². The molecule has 2 aliphatic heterocycles. The maximum absolute atomic E-state index is 11.7. The van der Waals surface area contributed by atoms with Gasteiger partial charge >= 0.3 is 0 Å². The first kappa shape index (κ1) is 14.2. The summed E-state index contributed by atoms with van der Waals surface area (Å²) in [6.07, 6.45) is 2.97. The van der Waals surface area contributed by atoms with Gasteiger partial charge in [-0.1, -0.05) is 0 Å². The Morgan fingerprint density at radius 1 is 1.39 bits per heavy atom. The molecule has 0 radical (unpaired) electrons. The summed E-state index contributed by atoms with van der Waals surface area (Å²) in [5, 5.41) is 6.39. The molecule has 2 fully saturated rings. The van der Waals surface area contributed by atoms with Gasteiger partial charge in [-0.3, -0.25) is 9.69 Å². The molecule has 0 aliphatic carbocycles. The van der Waals surface area contributed by atoms with Gasteiger partial charge in [0.2, 0.25) is 5.91 Å². The summed E-state index contributed by atoms with van der Waals surface area (Å²) in [5.41, 5.74) is 0. The maximum Gasteiger partial charge on any atom is 0.220 e. The molecule has 0 saturated carbocycles. The zero-order chi connectivity index (χ0) is 12.6. The minimum absolute atomic E-state index is 0.230. The molecule has 2 heterocycles. The van der Waals surface area contributed by atoms with E-state index in [-0.39, 0.29) is 5.91 Å². The van der Waals surface area contributed by atoms with Gasteiger partial charge in [-0.15, -0.1) is 0 Å². The van der Waals surface area contributed by atoms with Crippen molar-refractivity contribution in [2.45, 2.75) is 19.3 Å². The topological polar surface area (TPSA) is 44.4 Å². The summed E-state index contributed by atoms with van der Waals surface area (Å²) >= 11 is 2.03. The van der Waals surface area contributed by atoms with E-state index < -0.39 is 0 Å². The van der Waals surface area contributed by atoms with Crippen LogP contribution in [0.1, 0.15) is 19.3 Å². The number of carbonyl (C=O) groups is 1. The highest BCUT2D eigenvalue weighted by atomic mass is 32.2. The van der Waals surface area contributed by atoms with Gasteiger partial charge in [0.25, 0.3) is 0 Å². The largest absolute Gasteiger partial charge is 0.355 e. The molecule has 18 heavy (non-hydrogen) atoms. The zero-order valence-corrected chi connectivity index (χ0v) is 11.9. The Labute approximate surface area is 114 Å². The molecule has 0 bridgehead atoms. The monoisotopic (exact) mass is 271 g/mol. The van der Waals surface area contributed by atoms with E-state index in [0.29, 0.717) is 6.42 Å². The summed E-state index contributed by atoms with van der Waals surface area (Å²) in [6, 6.07) is 0. The van der Waals surface area contributed by atoms with Gasteiger partial charge in [-0.05, 0) is 31.8 Å². The molecule has 4 nitrogen and oxygen atoms in total. The maximum atomic E-state index is 11.7. The highest BCUT2D eigenvalue weighted by molar-refractivity contribution is 7.99. The van der Waals surface area contributed by atoms with Crippen molar-refractivity contribution in [1.82, 2.24) is 15.5 Å². The molecule has 1 amide bonds. The van der Waals surface area contributed by atoms with E-state index in [0.717, 1.165) is 38.5 Å². The zero-order valence-electron chi connectivity index (χ0n) is 11.1. The van der Waals surface area contributed by atoms with Crippen molar-refractivity contribution in [1.29, 1.82) is 0 Å². The van der Waals surface area contributed by atoms with Crippen LogP contribution in [-0.2, 0) is 4.79 Å². The molecule has 0 spiro atoms. The summed E-state index contributed by atoms with van der Waals surface area (Å²) in [4.78, 5) is 14.1. The minimum Gasteiger partial charge on any atom is -0.355 e. The molecule has 2 rings (SSSR count). The average Bonchev–Trinajstić information content (AvgIpc) is 2.91. The van der Waals surface area contributed by atoms with Crippen LogP contribution in [0.2, 0.25) is 0 Å². The standard InChI is InChI=1S/C13H25N3OS/c17-13(2-1-12-3-4-14-11-12)15-5-6-16-7-9-18-10-8-16/h12,14H,1-11H2,(H,15,17). The lowest BCUT2D eigenvalue weighted by molar-refractivity contribution is -0.121. The predicted molar refractivity (Wildman–Crippen MR) is 77.0 cm³/mol. The first-order valence-corrected chi connectivity index (χ1v) is 8.27. The quantitative estimate of drug-likeness (QED) is 0.740. The molecule has 0 aromatic rings. The Morgan fingerprint density at radius 2 is 2.22 bits per heavy atom. The Morgan fingerprint density at radius 3 is 2.94 bits per heavy atom. The van der Waals surface area contributed by atoms with E-state index in [2.05, 4.69) is 15.5 Å². The highest BCUT2D eigenvalue weighted by Crippen LogP contribution is 2.13. The molecule has 104 valence electrons. The Bertz CT molecular complexity index is 251. The van der Waals surface area contributed by atoms with E-state index in [4.69, 9.17) is 0 Å². The molecular formula is C13H25N3OS. The van der Waals surface area contributed by atoms with E-state index in [1.807, 2.05) is 11.8 Å². The first-order chi connectivity index (χ1) is 8.84. The van der Waals surface area contributed by atoms with Gasteiger partial charge in [0.15, 0.2) is 0 Å². The van der Waals surface area contributed by atoms with Gasteiger partial charge in [0, 0.05) is 44.1 Å². The van der Waals surface area contributed by atoms with Crippen molar-refractivity contribution in [3.63, 3.8) is 0 Å². The number of nitrogens with one attached hydrogen (secondary N) is 2. The number of hydrogen-bond acceptors (Lipinski definition) is 4. The number of thioether (sulfide) groups is 1. The van der Waals surface area contributed by atoms with Gasteiger partial charge in [-0.2, -0.15) is 11.8 Å². The van der Waals surface area contributed by atoms with Crippen molar-refractivity contribution in [2.24, 2.45) is 5.92 Å². The lowest BCUT2D eigenvalue weighted by atomic mass is 10.0. The van der Waals surface area contributed by atoms with E-state index in [1.54, 1.807) is 0 Å². The van der Waals surface area contributed by atoms with Crippen LogP contribution in [0.4, 0.5) is 0 Å². The molecule has 1 atom stereocenters. The predicted octanol–water partition coefficient (Wildman–Crippen LogP) is 0.541. The van der Waals surface area contributed by atoms with E-state index >= 15 is 0 Å². The van der Waals surface area contributed by atoms with Crippen molar-refractivity contribution in [3.05, 3.63) is 0 Å². The Balaban J connectivity index is 1.48. The van der Waals surface area contributed by atoms with Crippen LogP contribution < -0.4 is 10.6 Å². The van der Waals surface area contributed by atoms with Crippen molar-refractivity contribution in [2.75, 3.05) is 50.8 Å². The van der Waals surface area contributed by atoms with Crippen LogP contribution in [0.3, 0.4) is 0 Å². The molecule has 5 heteroatoms. The van der Waals surface area contributed by atoms with Crippen LogP contribution in [-0.4, -0.2) is 61.6 Å². The van der Waals surface area contributed by atoms with Crippen molar-refractivity contribution >= 4 is 17.7 Å². The van der Waals surface area contributed by atoms with Crippen LogP contribution in [0.25, 0.3) is 0 Å². The molecule has 0 aromatic carbocycles. The number of hydrogen-bond donors (Lipinski definition) is 2. The third-order valence-corrected chi connectivity index (χ3v) is 4.74. The Hall–Kier alpha value is -0.260. The lowest BCUT2D eigenvalue weighted by Crippen LogP contribution is -2.39. The fraction of sp³-hybridized carbons (Fsp3) is 0.923. The second-order valence-corrected chi connectivity index (χ2v) is 6.43. The van der Waals surface area contributed by atoms with Gasteiger partial charge < -0.3 is 10.6 Å². The van der Waals surface area contributed by atoms with Crippen LogP contribution in [0, 0.1) is 5.92 Å². The normalized spacial score (nSPS) is 25.2. The summed E-state index contributed by atoms with van der Waals surface area (Å²) in [7, 11) is 0. The minimum atomic E-state index is 0.230. The van der Waals surface area contributed by atoms with Gasteiger partial charge in [0.05, 0.1) is 0 Å². The van der Waals surface area contributed by atoms with Gasteiger partial charge in [0.1, 0.15) is 0 Å². The highest BCUT2D eigenvalue weighted by Gasteiger charge is 2.15. The smallest absolute Gasteiger partial charge is 0.220 e. The third-order valence-electron chi connectivity index (χ3n) is 3.80. The molecule has 2 saturated heterocycles. The Kier molecular flexibility index (Phi) is 6.31. The van der Waals surface area contributed by atoms with Crippen molar-refractivity contribution in [3.8, 4) is 0 Å². The van der Waals surface area contributed by atoms with Crippen LogP contribution in [0.5, 0.6) is 0 Å². The SMILES string of the molecule is O=C(CCC1CCNC1)NCCN1CCSCC1.